The molecule has 0 spiro atoms. The number of benzene rings is 1. The lowest BCUT2D eigenvalue weighted by Crippen LogP contribution is -2.12. The Morgan fingerprint density at radius 2 is 1.67 bits per heavy atom. The number of carboxylic acid groups (broad SMARTS) is 1. The number of carboxylic acids is 1. The van der Waals surface area contributed by atoms with Gasteiger partial charge in [-0.05, 0) is 37.5 Å². The van der Waals surface area contributed by atoms with Gasteiger partial charge in [0.25, 0.3) is 0 Å². The zero-order valence-electron chi connectivity index (χ0n) is 8.77. The molecule has 0 fully saturated rings. The van der Waals surface area contributed by atoms with E-state index in [-0.39, 0.29) is 16.7 Å². The Bertz CT molecular complexity index is 387. The number of hydrogen-bond donors (Lipinski definition) is 1. The van der Waals surface area contributed by atoms with Crippen molar-refractivity contribution in [3.63, 3.8) is 0 Å². The molecule has 1 N–H and O–H groups in total. The Kier molecular flexibility index (Phi) is 3.07. The Labute approximate surface area is 86.5 Å². The monoisotopic (exact) mass is 214 g/mol. The molecule has 0 aliphatic heterocycles. The Morgan fingerprint density at radius 3 is 2.00 bits per heavy atom. The lowest BCUT2D eigenvalue weighted by atomic mass is 9.91. The average Bonchev–Trinajstić information content (AvgIpc) is 2.15. The number of carbonyl (C=O) groups is 1. The zero-order chi connectivity index (χ0) is 11.7. The van der Waals surface area contributed by atoms with Gasteiger partial charge in [0.15, 0.2) is 0 Å². The molecule has 2 nitrogen and oxygen atoms in total. The standard InChI is InChI=1S/C11H12F2O2/c1-5-8(12)4-9(13)6(2)10(5)7(3)11(14)15/h4,7H,1-3H3,(H,14,15). The van der Waals surface area contributed by atoms with Crippen LogP contribution in [0.25, 0.3) is 0 Å². The molecule has 4 heteroatoms. The van der Waals surface area contributed by atoms with Gasteiger partial charge in [-0.25, -0.2) is 8.78 Å². The Balaban J connectivity index is 3.45. The fourth-order valence-corrected chi connectivity index (χ4v) is 1.64. The van der Waals surface area contributed by atoms with Gasteiger partial charge in [-0.2, -0.15) is 0 Å². The summed E-state index contributed by atoms with van der Waals surface area (Å²) in [6.45, 7) is 4.32. The topological polar surface area (TPSA) is 37.3 Å². The molecule has 0 amide bonds. The first-order valence-electron chi connectivity index (χ1n) is 4.54. The first-order valence-corrected chi connectivity index (χ1v) is 4.54. The van der Waals surface area contributed by atoms with E-state index in [1.165, 1.54) is 20.8 Å². The van der Waals surface area contributed by atoms with E-state index in [1.54, 1.807) is 0 Å². The minimum atomic E-state index is -1.09. The van der Waals surface area contributed by atoms with Crippen molar-refractivity contribution in [2.24, 2.45) is 0 Å². The van der Waals surface area contributed by atoms with E-state index in [2.05, 4.69) is 0 Å². The van der Waals surface area contributed by atoms with Crippen molar-refractivity contribution < 1.29 is 18.7 Å². The normalized spacial score (nSPS) is 12.6. The van der Waals surface area contributed by atoms with E-state index in [0.29, 0.717) is 0 Å². The molecule has 1 aromatic carbocycles. The van der Waals surface area contributed by atoms with Crippen LogP contribution < -0.4 is 0 Å². The highest BCUT2D eigenvalue weighted by Crippen LogP contribution is 2.27. The molecule has 0 saturated carbocycles. The summed E-state index contributed by atoms with van der Waals surface area (Å²) in [4.78, 5) is 10.8. The van der Waals surface area contributed by atoms with Gasteiger partial charge in [0.1, 0.15) is 11.6 Å². The van der Waals surface area contributed by atoms with E-state index < -0.39 is 23.5 Å². The smallest absolute Gasteiger partial charge is 0.310 e. The van der Waals surface area contributed by atoms with E-state index >= 15 is 0 Å². The van der Waals surface area contributed by atoms with Crippen molar-refractivity contribution in [3.8, 4) is 0 Å². The highest BCUT2D eigenvalue weighted by atomic mass is 19.1. The largest absolute Gasteiger partial charge is 0.481 e. The highest BCUT2D eigenvalue weighted by Gasteiger charge is 2.22. The average molecular weight is 214 g/mol. The summed E-state index contributed by atoms with van der Waals surface area (Å²) < 4.78 is 26.4. The van der Waals surface area contributed by atoms with Crippen LogP contribution in [-0.4, -0.2) is 11.1 Å². The van der Waals surface area contributed by atoms with Gasteiger partial charge >= 0.3 is 5.97 Å². The molecular formula is C11H12F2O2. The van der Waals surface area contributed by atoms with Crippen LogP contribution in [0.1, 0.15) is 29.5 Å². The van der Waals surface area contributed by atoms with Gasteiger partial charge in [0.2, 0.25) is 0 Å². The van der Waals surface area contributed by atoms with Crippen LogP contribution in [0.5, 0.6) is 0 Å². The molecule has 1 atom stereocenters. The second-order valence-corrected chi connectivity index (χ2v) is 3.56. The molecule has 0 aliphatic rings. The third-order valence-corrected chi connectivity index (χ3v) is 2.58. The Hall–Kier alpha value is -1.45. The molecule has 0 saturated heterocycles. The number of rotatable bonds is 2. The van der Waals surface area contributed by atoms with Gasteiger partial charge in [0.05, 0.1) is 5.92 Å². The summed E-state index contributed by atoms with van der Waals surface area (Å²) in [6, 6.07) is 0.780. The second-order valence-electron chi connectivity index (χ2n) is 3.56. The third-order valence-electron chi connectivity index (χ3n) is 2.58. The molecule has 0 heterocycles. The van der Waals surface area contributed by atoms with Crippen molar-refractivity contribution in [2.75, 3.05) is 0 Å². The summed E-state index contributed by atoms with van der Waals surface area (Å²) in [7, 11) is 0. The number of aliphatic carboxylic acids is 1. The molecule has 1 aromatic rings. The lowest BCUT2D eigenvalue weighted by molar-refractivity contribution is -0.138. The number of halogens is 2. The third kappa shape index (κ3) is 1.98. The van der Waals surface area contributed by atoms with Crippen LogP contribution in [0.15, 0.2) is 6.07 Å². The summed E-state index contributed by atoms with van der Waals surface area (Å²) in [5, 5.41) is 8.82. The summed E-state index contributed by atoms with van der Waals surface area (Å²) >= 11 is 0. The molecule has 82 valence electrons. The van der Waals surface area contributed by atoms with E-state index in [9.17, 15) is 13.6 Å². The van der Waals surface area contributed by atoms with Crippen molar-refractivity contribution in [1.29, 1.82) is 0 Å². The van der Waals surface area contributed by atoms with Crippen molar-refractivity contribution in [1.82, 2.24) is 0 Å². The van der Waals surface area contributed by atoms with Gasteiger partial charge in [0, 0.05) is 6.07 Å². The van der Waals surface area contributed by atoms with Gasteiger partial charge < -0.3 is 5.11 Å². The summed E-state index contributed by atoms with van der Waals surface area (Å²) in [5.74, 6) is -3.41. The van der Waals surface area contributed by atoms with Crippen molar-refractivity contribution in [3.05, 3.63) is 34.4 Å². The molecule has 1 unspecified atom stereocenters. The SMILES string of the molecule is Cc1c(F)cc(F)c(C)c1C(C)C(=O)O. The minimum Gasteiger partial charge on any atom is -0.481 e. The van der Waals surface area contributed by atoms with Crippen LogP contribution in [0.2, 0.25) is 0 Å². The van der Waals surface area contributed by atoms with Gasteiger partial charge in [-0.3, -0.25) is 4.79 Å². The maximum Gasteiger partial charge on any atom is 0.310 e. The molecule has 0 aromatic heterocycles. The predicted octanol–water partition coefficient (Wildman–Crippen LogP) is 2.77. The second kappa shape index (κ2) is 3.96. The van der Waals surface area contributed by atoms with Crippen LogP contribution >= 0.6 is 0 Å². The van der Waals surface area contributed by atoms with Crippen molar-refractivity contribution >= 4 is 5.97 Å². The number of hydrogen-bond acceptors (Lipinski definition) is 1. The van der Waals surface area contributed by atoms with Crippen LogP contribution in [0.3, 0.4) is 0 Å². The molecule has 15 heavy (non-hydrogen) atoms. The maximum absolute atomic E-state index is 13.2. The molecule has 0 bridgehead atoms. The van der Waals surface area contributed by atoms with E-state index in [4.69, 9.17) is 5.11 Å². The first-order chi connectivity index (χ1) is 6.86. The summed E-state index contributed by atoms with van der Waals surface area (Å²) in [5.41, 5.74) is 0.618. The van der Waals surface area contributed by atoms with Gasteiger partial charge in [-0.1, -0.05) is 0 Å². The Morgan fingerprint density at radius 1 is 1.27 bits per heavy atom. The maximum atomic E-state index is 13.2. The van der Waals surface area contributed by atoms with Crippen LogP contribution in [0, 0.1) is 25.5 Å². The lowest BCUT2D eigenvalue weighted by Gasteiger charge is -2.15. The summed E-state index contributed by atoms with van der Waals surface area (Å²) in [6.07, 6.45) is 0. The molecular weight excluding hydrogens is 202 g/mol. The van der Waals surface area contributed by atoms with E-state index in [0.717, 1.165) is 6.07 Å². The highest BCUT2D eigenvalue weighted by molar-refractivity contribution is 5.76. The van der Waals surface area contributed by atoms with Crippen LogP contribution in [0.4, 0.5) is 8.78 Å². The first kappa shape index (κ1) is 11.6. The fourth-order valence-electron chi connectivity index (χ4n) is 1.64. The van der Waals surface area contributed by atoms with E-state index in [1.807, 2.05) is 0 Å². The molecule has 0 aliphatic carbocycles. The fraction of sp³-hybridized carbons (Fsp3) is 0.364. The minimum absolute atomic E-state index is 0.198. The van der Waals surface area contributed by atoms with Crippen molar-refractivity contribution in [2.45, 2.75) is 26.7 Å². The predicted molar refractivity (Wildman–Crippen MR) is 51.9 cm³/mol. The van der Waals surface area contributed by atoms with Gasteiger partial charge in [-0.15, -0.1) is 0 Å². The zero-order valence-corrected chi connectivity index (χ0v) is 8.77. The quantitative estimate of drug-likeness (QED) is 0.821. The van der Waals surface area contributed by atoms with Crippen LogP contribution in [-0.2, 0) is 4.79 Å². The molecule has 1 rings (SSSR count). The molecule has 0 radical (unpaired) electrons.